The Morgan fingerprint density at radius 3 is 2.83 bits per heavy atom. The highest BCUT2D eigenvalue weighted by atomic mass is 32.2. The Balaban J connectivity index is 2.09. The number of halogens is 3. The highest BCUT2D eigenvalue weighted by molar-refractivity contribution is 7.99. The van der Waals surface area contributed by atoms with Crippen LogP contribution in [0.1, 0.15) is 24.5 Å². The predicted molar refractivity (Wildman–Crippen MR) is 84.6 cm³/mol. The summed E-state index contributed by atoms with van der Waals surface area (Å²) < 4.78 is 40.4. The van der Waals surface area contributed by atoms with E-state index in [0.29, 0.717) is 11.8 Å². The van der Waals surface area contributed by atoms with Gasteiger partial charge in [0.05, 0.1) is 5.69 Å². The van der Waals surface area contributed by atoms with Gasteiger partial charge in [0.2, 0.25) is 5.95 Å². The molecular formula is C14H14F3N5OS. The van der Waals surface area contributed by atoms with Crippen molar-refractivity contribution in [2.45, 2.75) is 24.2 Å². The standard InChI is InChI=1S/C14H14F3N5OS/c1-3-24-8-5-4-6-18-11(8)12-20-22-9(14(15,16)17)7-10(23)19-13(22)21(12)2/h4-7,12,20H,3H2,1-2H3. The monoisotopic (exact) mass is 357 g/mol. The summed E-state index contributed by atoms with van der Waals surface area (Å²) in [5.41, 5.74) is 1.30. The smallest absolute Gasteiger partial charge is 0.317 e. The fraction of sp³-hybridized carbons (Fsp3) is 0.357. The summed E-state index contributed by atoms with van der Waals surface area (Å²) in [4.78, 5) is 21.9. The third kappa shape index (κ3) is 2.81. The minimum absolute atomic E-state index is 0.0991. The first kappa shape index (κ1) is 16.6. The van der Waals surface area contributed by atoms with Crippen LogP contribution in [0.15, 0.2) is 34.1 Å². The van der Waals surface area contributed by atoms with Gasteiger partial charge in [-0.25, -0.2) is 4.68 Å². The summed E-state index contributed by atoms with van der Waals surface area (Å²) in [5.74, 6) is 0.698. The Bertz CT molecular complexity index is 823. The van der Waals surface area contributed by atoms with Crippen LogP contribution in [-0.4, -0.2) is 27.4 Å². The number of nitrogens with zero attached hydrogens (tertiary/aromatic N) is 4. The molecule has 24 heavy (non-hydrogen) atoms. The molecule has 0 spiro atoms. The third-order valence-electron chi connectivity index (χ3n) is 3.51. The van der Waals surface area contributed by atoms with Gasteiger partial charge in [0.15, 0.2) is 11.9 Å². The molecule has 1 aliphatic heterocycles. The van der Waals surface area contributed by atoms with Crippen LogP contribution in [0, 0.1) is 0 Å². The number of rotatable bonds is 3. The number of alkyl halides is 3. The van der Waals surface area contributed by atoms with Gasteiger partial charge >= 0.3 is 6.18 Å². The topological polar surface area (TPSA) is 63.1 Å². The van der Waals surface area contributed by atoms with Gasteiger partial charge in [-0.05, 0) is 17.9 Å². The van der Waals surface area contributed by atoms with Crippen LogP contribution < -0.4 is 15.9 Å². The summed E-state index contributed by atoms with van der Waals surface area (Å²) in [7, 11) is 1.57. The maximum Gasteiger partial charge on any atom is 0.433 e. The molecular weight excluding hydrogens is 343 g/mol. The number of nitrogens with one attached hydrogen (secondary N) is 1. The molecule has 1 unspecified atom stereocenters. The molecule has 3 rings (SSSR count). The molecule has 0 aromatic carbocycles. The molecule has 0 aliphatic carbocycles. The first-order valence-electron chi connectivity index (χ1n) is 7.11. The number of hydrogen-bond donors (Lipinski definition) is 1. The molecule has 128 valence electrons. The summed E-state index contributed by atoms with van der Waals surface area (Å²) in [6.07, 6.45) is -3.75. The van der Waals surface area contributed by atoms with Crippen molar-refractivity contribution < 1.29 is 13.2 Å². The average molecular weight is 357 g/mol. The number of fused-ring (bicyclic) bond motifs is 1. The van der Waals surface area contributed by atoms with Gasteiger partial charge in [-0.3, -0.25) is 15.2 Å². The van der Waals surface area contributed by atoms with Crippen LogP contribution in [0.25, 0.3) is 0 Å². The third-order valence-corrected chi connectivity index (χ3v) is 4.46. The second-order valence-electron chi connectivity index (χ2n) is 5.08. The lowest BCUT2D eigenvalue weighted by molar-refractivity contribution is -0.143. The maximum atomic E-state index is 13.2. The predicted octanol–water partition coefficient (Wildman–Crippen LogP) is 2.46. The van der Waals surface area contributed by atoms with Crippen LogP contribution >= 0.6 is 11.8 Å². The number of pyridine rings is 1. The molecule has 1 aliphatic rings. The van der Waals surface area contributed by atoms with Crippen molar-refractivity contribution in [2.75, 3.05) is 23.1 Å². The Hall–Kier alpha value is -2.23. The number of thioether (sulfide) groups is 1. The van der Waals surface area contributed by atoms with E-state index in [4.69, 9.17) is 0 Å². The zero-order chi connectivity index (χ0) is 17.5. The Labute approximate surface area is 139 Å². The van der Waals surface area contributed by atoms with Crippen LogP contribution in [0.2, 0.25) is 0 Å². The molecule has 1 N–H and O–H groups in total. The molecule has 6 nitrogen and oxygen atoms in total. The molecule has 3 heterocycles. The molecule has 2 aromatic heterocycles. The zero-order valence-electron chi connectivity index (χ0n) is 12.8. The highest BCUT2D eigenvalue weighted by Gasteiger charge is 2.41. The normalized spacial score (nSPS) is 16.9. The van der Waals surface area contributed by atoms with Gasteiger partial charge in [0.1, 0.15) is 0 Å². The SMILES string of the molecule is CCSc1cccnc1C1Nn2c(C(F)(F)F)cc(=O)nc2N1C. The molecule has 0 fully saturated rings. The number of aromatic nitrogens is 3. The van der Waals surface area contributed by atoms with Gasteiger partial charge in [0, 0.05) is 24.2 Å². The lowest BCUT2D eigenvalue weighted by Crippen LogP contribution is -2.27. The minimum atomic E-state index is -4.68. The fourth-order valence-corrected chi connectivity index (χ4v) is 3.30. The van der Waals surface area contributed by atoms with Crippen molar-refractivity contribution in [2.24, 2.45) is 0 Å². The van der Waals surface area contributed by atoms with E-state index >= 15 is 0 Å². The van der Waals surface area contributed by atoms with Crippen molar-refractivity contribution in [1.29, 1.82) is 0 Å². The van der Waals surface area contributed by atoms with E-state index in [0.717, 1.165) is 15.3 Å². The first-order chi connectivity index (χ1) is 11.3. The van der Waals surface area contributed by atoms with E-state index in [1.165, 1.54) is 16.7 Å². The van der Waals surface area contributed by atoms with E-state index in [-0.39, 0.29) is 5.95 Å². The zero-order valence-corrected chi connectivity index (χ0v) is 13.6. The Kier molecular flexibility index (Phi) is 4.16. The summed E-state index contributed by atoms with van der Waals surface area (Å²) in [6, 6.07) is 4.11. The summed E-state index contributed by atoms with van der Waals surface area (Å²) in [5, 5.41) is 0. The van der Waals surface area contributed by atoms with Crippen molar-refractivity contribution >= 4 is 17.7 Å². The number of anilines is 1. The second-order valence-corrected chi connectivity index (χ2v) is 6.38. The van der Waals surface area contributed by atoms with Crippen LogP contribution in [-0.2, 0) is 6.18 Å². The van der Waals surface area contributed by atoms with E-state index in [9.17, 15) is 18.0 Å². The molecule has 0 saturated heterocycles. The minimum Gasteiger partial charge on any atom is -0.317 e. The van der Waals surface area contributed by atoms with Gasteiger partial charge < -0.3 is 4.90 Å². The Morgan fingerprint density at radius 1 is 1.42 bits per heavy atom. The van der Waals surface area contributed by atoms with Gasteiger partial charge in [-0.15, -0.1) is 11.8 Å². The van der Waals surface area contributed by atoms with Crippen molar-refractivity contribution in [3.05, 3.63) is 46.1 Å². The van der Waals surface area contributed by atoms with Gasteiger partial charge in [-0.2, -0.15) is 18.2 Å². The fourth-order valence-electron chi connectivity index (χ4n) is 2.50. The van der Waals surface area contributed by atoms with Crippen LogP contribution in [0.4, 0.5) is 19.1 Å². The first-order valence-corrected chi connectivity index (χ1v) is 8.10. The molecule has 0 saturated carbocycles. The van der Waals surface area contributed by atoms with Gasteiger partial charge in [0.25, 0.3) is 5.56 Å². The lowest BCUT2D eigenvalue weighted by Gasteiger charge is -2.21. The second kappa shape index (κ2) is 6.00. The highest BCUT2D eigenvalue weighted by Crippen LogP contribution is 2.37. The molecule has 1 atom stereocenters. The van der Waals surface area contributed by atoms with Crippen molar-refractivity contribution in [1.82, 2.24) is 14.6 Å². The molecule has 2 aromatic rings. The number of hydrogen-bond acceptors (Lipinski definition) is 6. The molecule has 0 amide bonds. The largest absolute Gasteiger partial charge is 0.433 e. The Morgan fingerprint density at radius 2 is 2.17 bits per heavy atom. The molecule has 0 radical (unpaired) electrons. The quantitative estimate of drug-likeness (QED) is 0.852. The summed E-state index contributed by atoms with van der Waals surface area (Å²) in [6.45, 7) is 1.98. The van der Waals surface area contributed by atoms with Crippen molar-refractivity contribution in [3.8, 4) is 0 Å². The molecule has 0 bridgehead atoms. The molecule has 10 heteroatoms. The van der Waals surface area contributed by atoms with E-state index in [1.807, 2.05) is 13.0 Å². The van der Waals surface area contributed by atoms with E-state index in [2.05, 4.69) is 15.4 Å². The lowest BCUT2D eigenvalue weighted by atomic mass is 10.3. The summed E-state index contributed by atoms with van der Waals surface area (Å²) >= 11 is 1.54. The van der Waals surface area contributed by atoms with Crippen molar-refractivity contribution in [3.63, 3.8) is 0 Å². The van der Waals surface area contributed by atoms with Crippen LogP contribution in [0.3, 0.4) is 0 Å². The van der Waals surface area contributed by atoms with E-state index < -0.39 is 23.6 Å². The van der Waals surface area contributed by atoms with Crippen LogP contribution in [0.5, 0.6) is 0 Å². The average Bonchev–Trinajstić information content (AvgIpc) is 2.84. The van der Waals surface area contributed by atoms with E-state index in [1.54, 1.807) is 19.3 Å². The van der Waals surface area contributed by atoms with Gasteiger partial charge in [-0.1, -0.05) is 6.92 Å². The maximum absolute atomic E-state index is 13.2.